The summed E-state index contributed by atoms with van der Waals surface area (Å²) in [5.74, 6) is 0. The van der Waals surface area contributed by atoms with Gasteiger partial charge < -0.3 is 16.0 Å². The van der Waals surface area contributed by atoms with Crippen LogP contribution in [0.4, 0.5) is 10.5 Å². The predicted octanol–water partition coefficient (Wildman–Crippen LogP) is 2.14. The molecule has 1 saturated heterocycles. The molecule has 1 aromatic carbocycles. The van der Waals surface area contributed by atoms with Crippen molar-refractivity contribution in [3.8, 4) is 0 Å². The number of nitrogens with two attached hydrogens (primary N) is 1. The lowest BCUT2D eigenvalue weighted by atomic mass is 10.1. The topological polar surface area (TPSA) is 58.4 Å². The van der Waals surface area contributed by atoms with Crippen LogP contribution in [0, 0.1) is 0 Å². The van der Waals surface area contributed by atoms with E-state index >= 15 is 0 Å². The lowest BCUT2D eigenvalue weighted by Crippen LogP contribution is -2.39. The molecule has 1 fully saturated rings. The second-order valence-electron chi connectivity index (χ2n) is 4.54. The number of amides is 2. The Morgan fingerprint density at radius 3 is 2.76 bits per heavy atom. The van der Waals surface area contributed by atoms with Gasteiger partial charge in [-0.15, -0.1) is 0 Å². The summed E-state index contributed by atoms with van der Waals surface area (Å²) in [5, 5.41) is 3.00. The number of hydrogen-bond donors (Lipinski definition) is 2. The molecule has 0 aliphatic carbocycles. The van der Waals surface area contributed by atoms with Gasteiger partial charge in [0.2, 0.25) is 0 Å². The molecule has 0 radical (unpaired) electrons. The van der Waals surface area contributed by atoms with Crippen LogP contribution >= 0.6 is 0 Å². The summed E-state index contributed by atoms with van der Waals surface area (Å²) >= 11 is 0. The average Bonchev–Trinajstić information content (AvgIpc) is 2.82. The number of urea groups is 1. The van der Waals surface area contributed by atoms with Gasteiger partial charge in [-0.2, -0.15) is 0 Å². The number of nitrogens with zero attached hydrogens (tertiary/aromatic N) is 1. The van der Waals surface area contributed by atoms with Gasteiger partial charge in [0.05, 0.1) is 6.04 Å². The van der Waals surface area contributed by atoms with E-state index in [-0.39, 0.29) is 12.1 Å². The molecule has 3 N–H and O–H groups in total. The maximum absolute atomic E-state index is 11.9. The van der Waals surface area contributed by atoms with Gasteiger partial charge in [0.1, 0.15) is 0 Å². The summed E-state index contributed by atoms with van der Waals surface area (Å²) in [6.07, 6.45) is 2.22. The Balaban J connectivity index is 1.96. The lowest BCUT2D eigenvalue weighted by molar-refractivity contribution is 0.205. The zero-order valence-corrected chi connectivity index (χ0v) is 10.1. The van der Waals surface area contributed by atoms with Gasteiger partial charge in [0.25, 0.3) is 0 Å². The number of likely N-dealkylation sites (tertiary alicyclic amines) is 1. The number of anilines is 1. The molecule has 1 aliphatic heterocycles. The first-order valence-corrected chi connectivity index (χ1v) is 6.07. The molecule has 0 aromatic heterocycles. The van der Waals surface area contributed by atoms with Crippen molar-refractivity contribution >= 4 is 11.7 Å². The van der Waals surface area contributed by atoms with Crippen molar-refractivity contribution in [3.05, 3.63) is 29.8 Å². The minimum atomic E-state index is -0.00778. The van der Waals surface area contributed by atoms with E-state index in [0.29, 0.717) is 0 Å². The maximum Gasteiger partial charge on any atom is 0.317 e. The van der Waals surface area contributed by atoms with E-state index in [1.165, 1.54) is 0 Å². The number of carbonyl (C=O) groups is 1. The van der Waals surface area contributed by atoms with Gasteiger partial charge in [-0.25, -0.2) is 4.79 Å². The molecule has 92 valence electrons. The van der Waals surface area contributed by atoms with Crippen LogP contribution in [0.5, 0.6) is 0 Å². The van der Waals surface area contributed by atoms with Crippen LogP contribution in [0.3, 0.4) is 0 Å². The minimum Gasteiger partial charge on any atom is -0.399 e. The van der Waals surface area contributed by atoms with Crippen LogP contribution in [-0.2, 0) is 0 Å². The lowest BCUT2D eigenvalue weighted by Gasteiger charge is -2.20. The summed E-state index contributed by atoms with van der Waals surface area (Å²) in [6, 6.07) is 7.64. The predicted molar refractivity (Wildman–Crippen MR) is 68.6 cm³/mol. The Morgan fingerprint density at radius 2 is 2.12 bits per heavy atom. The van der Waals surface area contributed by atoms with E-state index in [1.54, 1.807) is 0 Å². The largest absolute Gasteiger partial charge is 0.399 e. The molecule has 2 rings (SSSR count). The van der Waals surface area contributed by atoms with Gasteiger partial charge in [-0.3, -0.25) is 0 Å². The Morgan fingerprint density at radius 1 is 1.41 bits per heavy atom. The average molecular weight is 233 g/mol. The smallest absolute Gasteiger partial charge is 0.317 e. The molecular formula is C13H19N3O. The number of nitrogen functional groups attached to an aromatic ring is 1. The zero-order chi connectivity index (χ0) is 12.3. The molecule has 4 nitrogen and oxygen atoms in total. The number of nitrogens with one attached hydrogen (secondary N) is 1. The molecule has 0 spiro atoms. The second kappa shape index (κ2) is 5.08. The molecule has 1 atom stereocenters. The standard InChI is InChI=1S/C13H19N3O/c1-10(11-5-4-6-12(14)9-11)15-13(17)16-7-2-3-8-16/h4-6,9-10H,2-3,7-8,14H2,1H3,(H,15,17). The Kier molecular flexibility index (Phi) is 3.52. The van der Waals surface area contributed by atoms with Crippen molar-refractivity contribution in [1.29, 1.82) is 0 Å². The Hall–Kier alpha value is -1.71. The zero-order valence-electron chi connectivity index (χ0n) is 10.1. The summed E-state index contributed by atoms with van der Waals surface area (Å²) in [4.78, 5) is 13.8. The van der Waals surface area contributed by atoms with Crippen molar-refractivity contribution < 1.29 is 4.79 Å². The van der Waals surface area contributed by atoms with Crippen LogP contribution in [0.1, 0.15) is 31.4 Å². The maximum atomic E-state index is 11.9. The van der Waals surface area contributed by atoms with Gasteiger partial charge in [-0.05, 0) is 37.5 Å². The minimum absolute atomic E-state index is 0.00778. The summed E-state index contributed by atoms with van der Waals surface area (Å²) < 4.78 is 0. The van der Waals surface area contributed by atoms with E-state index in [4.69, 9.17) is 5.73 Å². The van der Waals surface area contributed by atoms with Crippen LogP contribution in [0.15, 0.2) is 24.3 Å². The molecule has 17 heavy (non-hydrogen) atoms. The summed E-state index contributed by atoms with van der Waals surface area (Å²) in [7, 11) is 0. The molecule has 2 amide bonds. The molecule has 1 unspecified atom stereocenters. The van der Waals surface area contributed by atoms with Crippen LogP contribution in [-0.4, -0.2) is 24.0 Å². The number of hydrogen-bond acceptors (Lipinski definition) is 2. The third-order valence-corrected chi connectivity index (χ3v) is 3.14. The van der Waals surface area contributed by atoms with Crippen molar-refractivity contribution in [2.24, 2.45) is 0 Å². The van der Waals surface area contributed by atoms with Crippen molar-refractivity contribution in [2.45, 2.75) is 25.8 Å². The van der Waals surface area contributed by atoms with Crippen molar-refractivity contribution in [1.82, 2.24) is 10.2 Å². The first-order valence-electron chi connectivity index (χ1n) is 6.07. The van der Waals surface area contributed by atoms with Gasteiger partial charge in [0.15, 0.2) is 0 Å². The molecule has 0 bridgehead atoms. The molecule has 4 heteroatoms. The molecular weight excluding hydrogens is 214 g/mol. The van der Waals surface area contributed by atoms with E-state index in [9.17, 15) is 4.79 Å². The van der Waals surface area contributed by atoms with E-state index in [2.05, 4.69) is 5.32 Å². The molecule has 1 heterocycles. The van der Waals surface area contributed by atoms with Crippen molar-refractivity contribution in [2.75, 3.05) is 18.8 Å². The molecule has 0 saturated carbocycles. The fraction of sp³-hybridized carbons (Fsp3) is 0.462. The quantitative estimate of drug-likeness (QED) is 0.769. The van der Waals surface area contributed by atoms with Crippen LogP contribution in [0.25, 0.3) is 0 Å². The van der Waals surface area contributed by atoms with Crippen LogP contribution < -0.4 is 11.1 Å². The third kappa shape index (κ3) is 2.90. The Labute approximate surface area is 102 Å². The fourth-order valence-corrected chi connectivity index (χ4v) is 2.11. The SMILES string of the molecule is CC(NC(=O)N1CCCC1)c1cccc(N)c1. The molecule has 1 aliphatic rings. The summed E-state index contributed by atoms with van der Waals surface area (Å²) in [5.41, 5.74) is 7.49. The molecule has 1 aromatic rings. The Bertz CT molecular complexity index is 399. The van der Waals surface area contributed by atoms with Crippen molar-refractivity contribution in [3.63, 3.8) is 0 Å². The first-order chi connectivity index (χ1) is 8.16. The third-order valence-electron chi connectivity index (χ3n) is 3.14. The normalized spacial score (nSPS) is 16.9. The first kappa shape index (κ1) is 11.8. The van der Waals surface area contributed by atoms with Gasteiger partial charge >= 0.3 is 6.03 Å². The van der Waals surface area contributed by atoms with E-state index in [0.717, 1.165) is 37.2 Å². The highest BCUT2D eigenvalue weighted by Crippen LogP contribution is 2.16. The van der Waals surface area contributed by atoms with Gasteiger partial charge in [-0.1, -0.05) is 12.1 Å². The van der Waals surface area contributed by atoms with Crippen LogP contribution in [0.2, 0.25) is 0 Å². The highest BCUT2D eigenvalue weighted by atomic mass is 16.2. The number of rotatable bonds is 2. The van der Waals surface area contributed by atoms with E-state index in [1.807, 2.05) is 36.1 Å². The number of carbonyl (C=O) groups excluding carboxylic acids is 1. The highest BCUT2D eigenvalue weighted by Gasteiger charge is 2.19. The monoisotopic (exact) mass is 233 g/mol. The fourth-order valence-electron chi connectivity index (χ4n) is 2.11. The highest BCUT2D eigenvalue weighted by molar-refractivity contribution is 5.75. The van der Waals surface area contributed by atoms with Gasteiger partial charge in [0, 0.05) is 18.8 Å². The number of benzene rings is 1. The second-order valence-corrected chi connectivity index (χ2v) is 4.54. The van der Waals surface area contributed by atoms with E-state index < -0.39 is 0 Å². The summed E-state index contributed by atoms with van der Waals surface area (Å²) in [6.45, 7) is 3.72.